The summed E-state index contributed by atoms with van der Waals surface area (Å²) < 4.78 is 21.8. The first-order valence-corrected chi connectivity index (χ1v) is 9.68. The van der Waals surface area contributed by atoms with Gasteiger partial charge in [0.1, 0.15) is 11.8 Å². The van der Waals surface area contributed by atoms with E-state index in [0.717, 1.165) is 16.9 Å². The smallest absolute Gasteiger partial charge is 0.232 e. The average molecular weight is 422 g/mol. The number of oxazole rings is 1. The molecule has 1 aromatic heterocycles. The molecule has 31 heavy (non-hydrogen) atoms. The number of likely N-dealkylation sites (N-methyl/N-ethyl adjacent to an activating group) is 1. The molecule has 0 fully saturated rings. The quantitative estimate of drug-likeness (QED) is 0.554. The summed E-state index contributed by atoms with van der Waals surface area (Å²) in [5.41, 5.74) is 1.99. The van der Waals surface area contributed by atoms with E-state index in [-0.39, 0.29) is 11.7 Å². The maximum Gasteiger partial charge on any atom is 0.232 e. The van der Waals surface area contributed by atoms with Crippen molar-refractivity contribution in [3.8, 4) is 34.8 Å². The number of rotatable bonds is 9. The molecule has 162 valence electrons. The summed E-state index contributed by atoms with van der Waals surface area (Å²) in [6, 6.07) is 15.2. The normalized spacial score (nSPS) is 11.6. The van der Waals surface area contributed by atoms with Crippen LogP contribution in [0.3, 0.4) is 0 Å². The molecule has 0 spiro atoms. The fourth-order valence-electron chi connectivity index (χ4n) is 3.22. The Morgan fingerprint density at radius 1 is 1.03 bits per heavy atom. The van der Waals surface area contributed by atoms with Gasteiger partial charge in [-0.15, -0.1) is 0 Å². The number of hydrogen-bond donors (Lipinski definition) is 1. The molecule has 3 aromatic rings. The number of anilines is 1. The maximum absolute atomic E-state index is 9.50. The van der Waals surface area contributed by atoms with Crippen LogP contribution in [0.25, 0.3) is 11.5 Å². The SMILES string of the molecule is COc1ccc(-c2nc(C#N)c(NC[C@H](c3ccc(OC)c(OC)c3)N(C)C)o2)cc1. The summed E-state index contributed by atoms with van der Waals surface area (Å²) in [4.78, 5) is 6.39. The molecule has 0 aliphatic carbocycles. The zero-order valence-electron chi connectivity index (χ0n) is 18.3. The van der Waals surface area contributed by atoms with Gasteiger partial charge in [-0.1, -0.05) is 6.07 Å². The van der Waals surface area contributed by atoms with Gasteiger partial charge in [0.25, 0.3) is 0 Å². The molecule has 1 heterocycles. The number of aromatic nitrogens is 1. The molecule has 8 heteroatoms. The molecule has 0 unspecified atom stereocenters. The largest absolute Gasteiger partial charge is 0.497 e. The number of benzene rings is 2. The van der Waals surface area contributed by atoms with Crippen LogP contribution in [0.4, 0.5) is 5.88 Å². The Morgan fingerprint density at radius 2 is 1.74 bits per heavy atom. The van der Waals surface area contributed by atoms with Crippen molar-refractivity contribution in [1.29, 1.82) is 5.26 Å². The summed E-state index contributed by atoms with van der Waals surface area (Å²) in [6.45, 7) is 0.494. The van der Waals surface area contributed by atoms with Gasteiger partial charge in [0.2, 0.25) is 17.5 Å². The third-order valence-electron chi connectivity index (χ3n) is 4.94. The van der Waals surface area contributed by atoms with E-state index in [9.17, 15) is 5.26 Å². The van der Waals surface area contributed by atoms with Crippen molar-refractivity contribution in [2.45, 2.75) is 6.04 Å². The van der Waals surface area contributed by atoms with Crippen LogP contribution < -0.4 is 19.5 Å². The highest BCUT2D eigenvalue weighted by Gasteiger charge is 2.20. The topological polar surface area (TPSA) is 92.8 Å². The minimum Gasteiger partial charge on any atom is -0.497 e. The Bertz CT molecular complexity index is 1050. The van der Waals surface area contributed by atoms with E-state index in [1.807, 2.05) is 56.6 Å². The van der Waals surface area contributed by atoms with Crippen molar-refractivity contribution >= 4 is 5.88 Å². The van der Waals surface area contributed by atoms with Gasteiger partial charge >= 0.3 is 0 Å². The number of nitrogens with one attached hydrogen (secondary N) is 1. The summed E-state index contributed by atoms with van der Waals surface area (Å²) >= 11 is 0. The first-order chi connectivity index (χ1) is 15.0. The molecule has 0 radical (unpaired) electrons. The minimum absolute atomic E-state index is 0.0131. The number of nitriles is 1. The van der Waals surface area contributed by atoms with Crippen LogP contribution in [-0.4, -0.2) is 51.9 Å². The van der Waals surface area contributed by atoms with Crippen LogP contribution in [0, 0.1) is 11.3 Å². The lowest BCUT2D eigenvalue weighted by Crippen LogP contribution is -2.27. The maximum atomic E-state index is 9.50. The fraction of sp³-hybridized carbons (Fsp3) is 0.304. The Kier molecular flexibility index (Phi) is 7.00. The number of nitrogens with zero attached hydrogens (tertiary/aromatic N) is 3. The van der Waals surface area contributed by atoms with Crippen molar-refractivity contribution in [2.75, 3.05) is 47.3 Å². The molecule has 0 saturated heterocycles. The van der Waals surface area contributed by atoms with Gasteiger partial charge in [-0.05, 0) is 56.1 Å². The molecule has 1 N–H and O–H groups in total. The van der Waals surface area contributed by atoms with E-state index in [2.05, 4.69) is 21.3 Å². The lowest BCUT2D eigenvalue weighted by Gasteiger charge is -2.25. The van der Waals surface area contributed by atoms with Crippen LogP contribution in [0.1, 0.15) is 17.3 Å². The van der Waals surface area contributed by atoms with Gasteiger partial charge in [-0.3, -0.25) is 0 Å². The molecule has 0 bridgehead atoms. The van der Waals surface area contributed by atoms with Gasteiger partial charge < -0.3 is 28.8 Å². The molecule has 0 aliphatic heterocycles. The van der Waals surface area contributed by atoms with Gasteiger partial charge in [-0.2, -0.15) is 10.2 Å². The summed E-state index contributed by atoms with van der Waals surface area (Å²) in [7, 11) is 8.79. The molecule has 2 aromatic carbocycles. The zero-order valence-corrected chi connectivity index (χ0v) is 18.3. The minimum atomic E-state index is -0.0131. The van der Waals surface area contributed by atoms with E-state index in [1.165, 1.54) is 0 Å². The van der Waals surface area contributed by atoms with Crippen LogP contribution in [0.5, 0.6) is 17.2 Å². The molecule has 3 rings (SSSR count). The molecule has 8 nitrogen and oxygen atoms in total. The predicted molar refractivity (Wildman–Crippen MR) is 118 cm³/mol. The monoisotopic (exact) mass is 422 g/mol. The fourth-order valence-corrected chi connectivity index (χ4v) is 3.22. The van der Waals surface area contributed by atoms with Crippen molar-refractivity contribution in [2.24, 2.45) is 0 Å². The second-order valence-electron chi connectivity index (χ2n) is 7.01. The highest BCUT2D eigenvalue weighted by molar-refractivity contribution is 5.59. The van der Waals surface area contributed by atoms with Crippen molar-refractivity contribution in [1.82, 2.24) is 9.88 Å². The number of hydrogen-bond acceptors (Lipinski definition) is 8. The second kappa shape index (κ2) is 9.87. The van der Waals surface area contributed by atoms with Crippen molar-refractivity contribution < 1.29 is 18.6 Å². The predicted octanol–water partition coefficient (Wildman–Crippen LogP) is 3.95. The Labute approximate surface area is 182 Å². The lowest BCUT2D eigenvalue weighted by atomic mass is 10.1. The van der Waals surface area contributed by atoms with E-state index >= 15 is 0 Å². The summed E-state index contributed by atoms with van der Waals surface area (Å²) in [6.07, 6.45) is 0. The Hall–Kier alpha value is -3.70. The van der Waals surface area contributed by atoms with E-state index in [0.29, 0.717) is 29.8 Å². The molecular formula is C23H26N4O4. The lowest BCUT2D eigenvalue weighted by molar-refractivity contribution is 0.307. The average Bonchev–Trinajstić information content (AvgIpc) is 3.22. The van der Waals surface area contributed by atoms with Crippen LogP contribution >= 0.6 is 0 Å². The van der Waals surface area contributed by atoms with Crippen LogP contribution in [0.2, 0.25) is 0 Å². The number of ether oxygens (including phenoxy) is 3. The summed E-state index contributed by atoms with van der Waals surface area (Å²) in [5.74, 6) is 2.77. The highest BCUT2D eigenvalue weighted by atomic mass is 16.5. The van der Waals surface area contributed by atoms with E-state index < -0.39 is 0 Å². The Balaban J connectivity index is 1.82. The second-order valence-corrected chi connectivity index (χ2v) is 7.01. The first kappa shape index (κ1) is 22.0. The summed E-state index contributed by atoms with van der Waals surface area (Å²) in [5, 5.41) is 12.7. The molecule has 0 amide bonds. The van der Waals surface area contributed by atoms with Crippen molar-refractivity contribution in [3.63, 3.8) is 0 Å². The van der Waals surface area contributed by atoms with E-state index in [1.54, 1.807) is 21.3 Å². The Morgan fingerprint density at radius 3 is 2.32 bits per heavy atom. The van der Waals surface area contributed by atoms with Gasteiger partial charge in [0.05, 0.1) is 27.4 Å². The molecule has 1 atom stereocenters. The van der Waals surface area contributed by atoms with E-state index in [4.69, 9.17) is 18.6 Å². The van der Waals surface area contributed by atoms with Crippen molar-refractivity contribution in [3.05, 3.63) is 53.7 Å². The third-order valence-corrected chi connectivity index (χ3v) is 4.94. The highest BCUT2D eigenvalue weighted by Crippen LogP contribution is 2.32. The van der Waals surface area contributed by atoms with Gasteiger partial charge in [0.15, 0.2) is 11.5 Å². The zero-order chi connectivity index (χ0) is 22.4. The molecule has 0 saturated carbocycles. The van der Waals surface area contributed by atoms with Gasteiger partial charge in [0, 0.05) is 12.1 Å². The van der Waals surface area contributed by atoms with Crippen LogP contribution in [0.15, 0.2) is 46.9 Å². The third kappa shape index (κ3) is 4.90. The molecule has 0 aliphatic rings. The first-order valence-electron chi connectivity index (χ1n) is 9.68. The van der Waals surface area contributed by atoms with Gasteiger partial charge in [-0.25, -0.2) is 0 Å². The molecular weight excluding hydrogens is 396 g/mol. The standard InChI is InChI=1S/C23H26N4O4/c1-27(2)19(16-8-11-20(29-4)21(12-16)30-5)14-25-23-18(13-24)26-22(31-23)15-6-9-17(28-3)10-7-15/h6-12,19,25H,14H2,1-5H3/t19-/m1/s1. The van der Waals surface area contributed by atoms with Crippen LogP contribution in [-0.2, 0) is 0 Å². The number of methoxy groups -OCH3 is 3.